The molecule has 1 unspecified atom stereocenters. The molecule has 8 heteroatoms. The minimum Gasteiger partial charge on any atom is -0.379 e. The topological polar surface area (TPSA) is 81.2 Å². The number of hydrogen-bond acceptors (Lipinski definition) is 5. The third-order valence-corrected chi connectivity index (χ3v) is 4.29. The molecule has 1 aromatic heterocycles. The van der Waals surface area contributed by atoms with Gasteiger partial charge in [0.15, 0.2) is 0 Å². The number of ether oxygens (including phenoxy) is 1. The van der Waals surface area contributed by atoms with Gasteiger partial charge in [0.1, 0.15) is 4.90 Å². The normalized spacial score (nSPS) is 25.1. The van der Waals surface area contributed by atoms with Crippen LogP contribution in [0, 0.1) is 0 Å². The minimum atomic E-state index is -3.63. The summed E-state index contributed by atoms with van der Waals surface area (Å²) in [6.07, 6.45) is 2.99. The molecule has 0 aromatic carbocycles. The quantitative estimate of drug-likeness (QED) is 0.818. The van der Waals surface area contributed by atoms with Gasteiger partial charge >= 0.3 is 0 Å². The standard InChI is InChI=1S/C9H12ClN3O3S/c1-9(2-3-16-6-9)13-17(14,15)7-4-11-8(10)12-5-7/h4-5,13H,2-3,6H2,1H3. The van der Waals surface area contributed by atoms with E-state index < -0.39 is 15.6 Å². The first kappa shape index (κ1) is 12.7. The van der Waals surface area contributed by atoms with Crippen LogP contribution in [0.1, 0.15) is 13.3 Å². The molecule has 0 amide bonds. The van der Waals surface area contributed by atoms with Crippen molar-refractivity contribution >= 4 is 21.6 Å². The Labute approximate surface area is 104 Å². The highest BCUT2D eigenvalue weighted by atomic mass is 35.5. The molecule has 6 nitrogen and oxygen atoms in total. The molecule has 17 heavy (non-hydrogen) atoms. The lowest BCUT2D eigenvalue weighted by Gasteiger charge is -2.22. The van der Waals surface area contributed by atoms with Gasteiger partial charge in [0, 0.05) is 6.61 Å². The lowest BCUT2D eigenvalue weighted by atomic mass is 10.0. The molecular formula is C9H12ClN3O3S. The zero-order chi connectivity index (χ0) is 12.5. The maximum Gasteiger partial charge on any atom is 0.244 e. The van der Waals surface area contributed by atoms with E-state index in [1.807, 2.05) is 0 Å². The highest BCUT2D eigenvalue weighted by Gasteiger charge is 2.34. The summed E-state index contributed by atoms with van der Waals surface area (Å²) in [6, 6.07) is 0. The van der Waals surface area contributed by atoms with Crippen molar-refractivity contribution in [3.05, 3.63) is 17.7 Å². The van der Waals surface area contributed by atoms with E-state index in [0.717, 1.165) is 0 Å². The average molecular weight is 278 g/mol. The summed E-state index contributed by atoms with van der Waals surface area (Å²) in [7, 11) is -3.63. The predicted molar refractivity (Wildman–Crippen MR) is 61.2 cm³/mol. The molecule has 0 saturated carbocycles. The molecule has 1 N–H and O–H groups in total. The van der Waals surface area contributed by atoms with Crippen LogP contribution in [0.5, 0.6) is 0 Å². The Balaban J connectivity index is 2.22. The SMILES string of the molecule is CC1(NS(=O)(=O)c2cnc(Cl)nc2)CCOC1. The summed E-state index contributed by atoms with van der Waals surface area (Å²) in [5.74, 6) is 0. The van der Waals surface area contributed by atoms with Crippen LogP contribution >= 0.6 is 11.6 Å². The van der Waals surface area contributed by atoms with Crippen LogP contribution in [0.3, 0.4) is 0 Å². The Morgan fingerprint density at radius 2 is 2.12 bits per heavy atom. The van der Waals surface area contributed by atoms with Crippen LogP contribution in [0.25, 0.3) is 0 Å². The summed E-state index contributed by atoms with van der Waals surface area (Å²) in [5, 5.41) is 0.0133. The van der Waals surface area contributed by atoms with Gasteiger partial charge in [-0.3, -0.25) is 0 Å². The molecule has 0 aliphatic carbocycles. The van der Waals surface area contributed by atoms with Crippen LogP contribution in [-0.2, 0) is 14.8 Å². The molecule has 1 fully saturated rings. The maximum atomic E-state index is 12.0. The fraction of sp³-hybridized carbons (Fsp3) is 0.556. The van der Waals surface area contributed by atoms with Crippen LogP contribution in [0.2, 0.25) is 5.28 Å². The van der Waals surface area contributed by atoms with Gasteiger partial charge in [-0.2, -0.15) is 0 Å². The summed E-state index contributed by atoms with van der Waals surface area (Å²) < 4.78 is 31.8. The average Bonchev–Trinajstić information content (AvgIpc) is 2.64. The first-order chi connectivity index (χ1) is 7.91. The minimum absolute atomic E-state index is 0.00461. The molecule has 0 bridgehead atoms. The highest BCUT2D eigenvalue weighted by Crippen LogP contribution is 2.20. The van der Waals surface area contributed by atoms with E-state index in [1.54, 1.807) is 6.92 Å². The molecule has 1 aromatic rings. The number of aromatic nitrogens is 2. The largest absolute Gasteiger partial charge is 0.379 e. The predicted octanol–water partition coefficient (Wildman–Crippen LogP) is 0.587. The van der Waals surface area contributed by atoms with Crippen molar-refractivity contribution in [3.8, 4) is 0 Å². The molecule has 1 aliphatic rings. The Hall–Kier alpha value is -0.760. The van der Waals surface area contributed by atoms with Crippen LogP contribution in [0.15, 0.2) is 17.3 Å². The van der Waals surface area contributed by atoms with E-state index in [-0.39, 0.29) is 10.2 Å². The Bertz CT molecular complexity index is 497. The summed E-state index contributed by atoms with van der Waals surface area (Å²) >= 11 is 5.50. The lowest BCUT2D eigenvalue weighted by molar-refractivity contribution is 0.178. The number of hydrogen-bond donors (Lipinski definition) is 1. The zero-order valence-electron chi connectivity index (χ0n) is 9.18. The van der Waals surface area contributed by atoms with Gasteiger partial charge in [-0.05, 0) is 24.9 Å². The van der Waals surface area contributed by atoms with Crippen molar-refractivity contribution in [2.75, 3.05) is 13.2 Å². The second-order valence-corrected chi connectivity index (χ2v) is 6.18. The smallest absolute Gasteiger partial charge is 0.244 e. The molecular weight excluding hydrogens is 266 g/mol. The Morgan fingerprint density at radius 3 is 2.65 bits per heavy atom. The van der Waals surface area contributed by atoms with Gasteiger partial charge in [-0.25, -0.2) is 23.1 Å². The van der Waals surface area contributed by atoms with Crippen molar-refractivity contribution in [1.29, 1.82) is 0 Å². The van der Waals surface area contributed by atoms with Crippen molar-refractivity contribution in [1.82, 2.24) is 14.7 Å². The zero-order valence-corrected chi connectivity index (χ0v) is 10.8. The van der Waals surface area contributed by atoms with Crippen LogP contribution < -0.4 is 4.72 Å². The van der Waals surface area contributed by atoms with Crippen molar-refractivity contribution < 1.29 is 13.2 Å². The first-order valence-electron chi connectivity index (χ1n) is 5.01. The van der Waals surface area contributed by atoms with Gasteiger partial charge < -0.3 is 4.74 Å². The van der Waals surface area contributed by atoms with E-state index in [2.05, 4.69) is 14.7 Å². The number of halogens is 1. The second-order valence-electron chi connectivity index (χ2n) is 4.16. The van der Waals surface area contributed by atoms with Gasteiger partial charge in [0.2, 0.25) is 15.3 Å². The summed E-state index contributed by atoms with van der Waals surface area (Å²) in [5.41, 5.74) is -0.571. The van der Waals surface area contributed by atoms with Crippen molar-refractivity contribution in [2.24, 2.45) is 0 Å². The van der Waals surface area contributed by atoms with Gasteiger partial charge in [0.05, 0.1) is 24.5 Å². The molecule has 1 saturated heterocycles. The Kier molecular flexibility index (Phi) is 3.35. The maximum absolute atomic E-state index is 12.0. The van der Waals surface area contributed by atoms with Crippen molar-refractivity contribution in [2.45, 2.75) is 23.8 Å². The number of nitrogens with zero attached hydrogens (tertiary/aromatic N) is 2. The Morgan fingerprint density at radius 1 is 1.47 bits per heavy atom. The van der Waals surface area contributed by atoms with Gasteiger partial charge in [0.25, 0.3) is 0 Å². The van der Waals surface area contributed by atoms with E-state index >= 15 is 0 Å². The van der Waals surface area contributed by atoms with Gasteiger partial charge in [-0.1, -0.05) is 0 Å². The number of sulfonamides is 1. The highest BCUT2D eigenvalue weighted by molar-refractivity contribution is 7.89. The second kappa shape index (κ2) is 4.49. The lowest BCUT2D eigenvalue weighted by Crippen LogP contribution is -2.46. The molecule has 0 radical (unpaired) electrons. The third kappa shape index (κ3) is 2.92. The number of nitrogens with one attached hydrogen (secondary N) is 1. The van der Waals surface area contributed by atoms with E-state index in [1.165, 1.54) is 12.4 Å². The van der Waals surface area contributed by atoms with Gasteiger partial charge in [-0.15, -0.1) is 0 Å². The number of rotatable bonds is 3. The van der Waals surface area contributed by atoms with Crippen LogP contribution in [-0.4, -0.2) is 37.1 Å². The molecule has 1 aliphatic heterocycles. The van der Waals surface area contributed by atoms with Crippen LogP contribution in [0.4, 0.5) is 0 Å². The molecule has 1 atom stereocenters. The fourth-order valence-electron chi connectivity index (χ4n) is 1.57. The summed E-state index contributed by atoms with van der Waals surface area (Å²) in [4.78, 5) is 7.29. The summed E-state index contributed by atoms with van der Waals surface area (Å²) in [6.45, 7) is 2.71. The van der Waals surface area contributed by atoms with E-state index in [4.69, 9.17) is 16.3 Å². The third-order valence-electron chi connectivity index (χ3n) is 2.51. The first-order valence-corrected chi connectivity index (χ1v) is 6.87. The molecule has 94 valence electrons. The van der Waals surface area contributed by atoms with E-state index in [0.29, 0.717) is 19.6 Å². The fourth-order valence-corrected chi connectivity index (χ4v) is 2.98. The molecule has 0 spiro atoms. The van der Waals surface area contributed by atoms with Crippen molar-refractivity contribution in [3.63, 3.8) is 0 Å². The molecule has 2 rings (SSSR count). The monoisotopic (exact) mass is 277 g/mol. The molecule has 2 heterocycles. The van der Waals surface area contributed by atoms with E-state index in [9.17, 15) is 8.42 Å².